The summed E-state index contributed by atoms with van der Waals surface area (Å²) in [6.07, 6.45) is 10.6. The van der Waals surface area contributed by atoms with Crippen molar-refractivity contribution in [3.63, 3.8) is 0 Å². The molecule has 3 aliphatic carbocycles. The number of carboxylic acids is 1. The molecule has 0 radical (unpaired) electrons. The number of rotatable bonds is 5. The summed E-state index contributed by atoms with van der Waals surface area (Å²) in [5.74, 6) is 7.16. The number of hydrogen-bond acceptors (Lipinski definition) is 3. The first kappa shape index (κ1) is 20.4. The Balaban J connectivity index is 1.59. The molecule has 0 aromatic rings. The van der Waals surface area contributed by atoms with Crippen LogP contribution in [0.4, 0.5) is 0 Å². The van der Waals surface area contributed by atoms with Gasteiger partial charge < -0.3 is 15.3 Å². The molecule has 150 valence electrons. The van der Waals surface area contributed by atoms with E-state index in [1.165, 1.54) is 37.7 Å². The number of aliphatic hydroxyl groups is 2. The molecule has 2 unspecified atom stereocenters. The van der Waals surface area contributed by atoms with Crippen molar-refractivity contribution in [2.75, 3.05) is 0 Å². The molecule has 0 aromatic carbocycles. The lowest BCUT2D eigenvalue weighted by Gasteiger charge is -2.53. The molecule has 3 saturated carbocycles. The van der Waals surface area contributed by atoms with Crippen LogP contribution in [0.2, 0.25) is 0 Å². The summed E-state index contributed by atoms with van der Waals surface area (Å²) in [4.78, 5) is 10.7. The lowest BCUT2D eigenvalue weighted by Crippen LogP contribution is -2.50. The average molecular weight is 375 g/mol. The summed E-state index contributed by atoms with van der Waals surface area (Å²) in [6, 6.07) is 0. The molecule has 4 nitrogen and oxygen atoms in total. The van der Waals surface area contributed by atoms with Gasteiger partial charge in [-0.2, -0.15) is 0 Å². The fourth-order valence-corrected chi connectivity index (χ4v) is 5.60. The quantitative estimate of drug-likeness (QED) is 0.506. The van der Waals surface area contributed by atoms with Gasteiger partial charge in [0.15, 0.2) is 0 Å². The Morgan fingerprint density at radius 3 is 2.67 bits per heavy atom. The molecule has 3 aliphatic rings. The highest BCUT2D eigenvalue weighted by Crippen LogP contribution is 2.55. The van der Waals surface area contributed by atoms with Gasteiger partial charge in [0.1, 0.15) is 6.10 Å². The third-order valence-electron chi connectivity index (χ3n) is 7.03. The van der Waals surface area contributed by atoms with E-state index < -0.39 is 18.2 Å². The lowest BCUT2D eigenvalue weighted by molar-refractivity contribution is -0.136. The first-order chi connectivity index (χ1) is 13.0. The highest BCUT2D eigenvalue weighted by molar-refractivity contribution is 5.66. The second-order valence-electron chi connectivity index (χ2n) is 8.82. The molecule has 0 amide bonds. The maximum atomic E-state index is 10.7. The molecule has 0 bridgehead atoms. The average Bonchev–Trinajstić information content (AvgIpc) is 2.64. The van der Waals surface area contributed by atoms with E-state index in [-0.39, 0.29) is 12.3 Å². The fourth-order valence-electron chi connectivity index (χ4n) is 5.60. The van der Waals surface area contributed by atoms with Crippen LogP contribution in [0, 0.1) is 41.4 Å². The molecule has 0 aromatic heterocycles. The van der Waals surface area contributed by atoms with Crippen LogP contribution in [-0.4, -0.2) is 33.5 Å². The number of hydrogen-bond donors (Lipinski definition) is 3. The first-order valence-corrected chi connectivity index (χ1v) is 10.8. The van der Waals surface area contributed by atoms with Crippen molar-refractivity contribution >= 4 is 5.97 Å². The largest absolute Gasteiger partial charge is 0.481 e. The van der Waals surface area contributed by atoms with Crippen LogP contribution in [0.15, 0.2) is 11.6 Å². The van der Waals surface area contributed by atoms with Gasteiger partial charge in [0, 0.05) is 6.42 Å². The monoisotopic (exact) mass is 374 g/mol. The molecule has 0 heterocycles. The van der Waals surface area contributed by atoms with Gasteiger partial charge in [-0.25, -0.2) is 0 Å². The van der Waals surface area contributed by atoms with Crippen molar-refractivity contribution in [2.45, 2.75) is 83.3 Å². The van der Waals surface area contributed by atoms with Gasteiger partial charge in [0.2, 0.25) is 0 Å². The van der Waals surface area contributed by atoms with E-state index in [0.717, 1.165) is 19.3 Å². The minimum atomic E-state index is -0.759. The Hall–Kier alpha value is -1.31. The molecule has 0 aliphatic heterocycles. The van der Waals surface area contributed by atoms with Crippen molar-refractivity contribution in [3.05, 3.63) is 11.6 Å². The Bertz CT molecular complexity index is 608. The summed E-state index contributed by atoms with van der Waals surface area (Å²) in [7, 11) is 0. The van der Waals surface area contributed by atoms with Crippen LogP contribution in [0.5, 0.6) is 0 Å². The van der Waals surface area contributed by atoms with Crippen molar-refractivity contribution in [1.82, 2.24) is 0 Å². The highest BCUT2D eigenvalue weighted by Gasteiger charge is 2.50. The highest BCUT2D eigenvalue weighted by atomic mass is 16.4. The molecule has 3 fully saturated rings. The van der Waals surface area contributed by atoms with Gasteiger partial charge in [-0.1, -0.05) is 62.5 Å². The fraction of sp³-hybridized carbons (Fsp3) is 0.783. The number of carboxylic acid groups (broad SMARTS) is 1. The predicted octanol–water partition coefficient (Wildman–Crippen LogP) is 3.77. The maximum absolute atomic E-state index is 10.7. The standard InChI is InChI=1S/C23H34O4/c1-15-18(8-5-9-22(26)27)19-12-13-21(25)20(23(15)19)11-10-17(24)14-16-6-3-2-4-7-16/h8,15-17,19-21,23-25H,2-7,9,12-14H2,1H3,(H,26,27)/t15?,17?,19-,20+,21-,23+/m1/s1. The number of fused-ring (bicyclic) bond motifs is 1. The molecular formula is C23H34O4. The second-order valence-corrected chi connectivity index (χ2v) is 8.82. The third-order valence-corrected chi connectivity index (χ3v) is 7.03. The van der Waals surface area contributed by atoms with Gasteiger partial charge in [0.05, 0.1) is 12.0 Å². The molecule has 4 heteroatoms. The zero-order chi connectivity index (χ0) is 19.4. The van der Waals surface area contributed by atoms with E-state index in [2.05, 4.69) is 24.8 Å². The lowest BCUT2D eigenvalue weighted by atomic mass is 9.51. The zero-order valence-electron chi connectivity index (χ0n) is 16.4. The van der Waals surface area contributed by atoms with Crippen LogP contribution in [0.3, 0.4) is 0 Å². The van der Waals surface area contributed by atoms with E-state index in [4.69, 9.17) is 5.11 Å². The number of carbonyl (C=O) groups is 1. The summed E-state index contributed by atoms with van der Waals surface area (Å²) >= 11 is 0. The Labute approximate surface area is 163 Å². The molecular weight excluding hydrogens is 340 g/mol. The maximum Gasteiger partial charge on any atom is 0.303 e. The third kappa shape index (κ3) is 4.95. The number of aliphatic hydroxyl groups excluding tert-OH is 2. The van der Waals surface area contributed by atoms with Crippen molar-refractivity contribution < 1.29 is 20.1 Å². The van der Waals surface area contributed by atoms with Gasteiger partial charge >= 0.3 is 5.97 Å². The SMILES string of the molecule is CC1C(=CCCC(=O)O)[C@H]2CC[C@@H](O)[C@H](C#CC(O)CC3CCCCC3)[C@@H]12. The smallest absolute Gasteiger partial charge is 0.303 e. The van der Waals surface area contributed by atoms with E-state index in [1.807, 2.05) is 0 Å². The summed E-state index contributed by atoms with van der Waals surface area (Å²) in [5.41, 5.74) is 1.35. The zero-order valence-corrected chi connectivity index (χ0v) is 16.4. The predicted molar refractivity (Wildman–Crippen MR) is 105 cm³/mol. The van der Waals surface area contributed by atoms with E-state index in [0.29, 0.717) is 30.1 Å². The van der Waals surface area contributed by atoms with Crippen molar-refractivity contribution in [1.29, 1.82) is 0 Å². The molecule has 3 rings (SSSR count). The molecule has 0 spiro atoms. The van der Waals surface area contributed by atoms with Crippen molar-refractivity contribution in [3.8, 4) is 11.8 Å². The Morgan fingerprint density at radius 2 is 1.96 bits per heavy atom. The van der Waals surface area contributed by atoms with E-state index >= 15 is 0 Å². The van der Waals surface area contributed by atoms with Crippen LogP contribution in [-0.2, 0) is 4.79 Å². The van der Waals surface area contributed by atoms with Gasteiger partial charge in [0.25, 0.3) is 0 Å². The first-order valence-electron chi connectivity index (χ1n) is 10.8. The van der Waals surface area contributed by atoms with Crippen LogP contribution < -0.4 is 0 Å². The molecule has 27 heavy (non-hydrogen) atoms. The van der Waals surface area contributed by atoms with E-state index in [1.54, 1.807) is 0 Å². The number of allylic oxidation sites excluding steroid dienone is 2. The minimum absolute atomic E-state index is 0.0728. The second kappa shape index (κ2) is 9.26. The molecule has 6 atom stereocenters. The summed E-state index contributed by atoms with van der Waals surface area (Å²) < 4.78 is 0. The van der Waals surface area contributed by atoms with Crippen LogP contribution >= 0.6 is 0 Å². The summed E-state index contributed by atoms with van der Waals surface area (Å²) in [6.45, 7) is 2.17. The van der Waals surface area contributed by atoms with E-state index in [9.17, 15) is 15.0 Å². The van der Waals surface area contributed by atoms with Gasteiger partial charge in [-0.15, -0.1) is 0 Å². The Morgan fingerprint density at radius 1 is 1.22 bits per heavy atom. The number of aliphatic carboxylic acids is 1. The molecule has 0 saturated heterocycles. The topological polar surface area (TPSA) is 77.8 Å². The van der Waals surface area contributed by atoms with Crippen LogP contribution in [0.1, 0.15) is 71.1 Å². The normalized spacial score (nSPS) is 36.3. The molecule has 3 N–H and O–H groups in total. The van der Waals surface area contributed by atoms with Crippen LogP contribution in [0.25, 0.3) is 0 Å². The van der Waals surface area contributed by atoms with Gasteiger partial charge in [-0.05, 0) is 49.4 Å². The summed E-state index contributed by atoms with van der Waals surface area (Å²) in [5, 5.41) is 29.7. The Kier molecular flexibility index (Phi) is 7.00. The minimum Gasteiger partial charge on any atom is -0.481 e. The van der Waals surface area contributed by atoms with Crippen molar-refractivity contribution in [2.24, 2.45) is 29.6 Å². The van der Waals surface area contributed by atoms with Gasteiger partial charge in [-0.3, -0.25) is 4.79 Å².